The van der Waals surface area contributed by atoms with Crippen molar-refractivity contribution in [2.24, 2.45) is 0 Å². The molecule has 2 N–H and O–H groups in total. The summed E-state index contributed by atoms with van der Waals surface area (Å²) in [4.78, 5) is 10.8. The van der Waals surface area contributed by atoms with Crippen LogP contribution in [0.3, 0.4) is 0 Å². The quantitative estimate of drug-likeness (QED) is 0.533. The van der Waals surface area contributed by atoms with E-state index in [0.29, 0.717) is 16.9 Å². The molecule has 0 spiro atoms. The van der Waals surface area contributed by atoms with Gasteiger partial charge in [0.15, 0.2) is 0 Å². The summed E-state index contributed by atoms with van der Waals surface area (Å²) in [5.74, 6) is -2.38. The molecule has 1 aromatic heterocycles. The summed E-state index contributed by atoms with van der Waals surface area (Å²) in [5, 5.41) is 19.4. The van der Waals surface area contributed by atoms with Gasteiger partial charge < -0.3 is 14.8 Å². The summed E-state index contributed by atoms with van der Waals surface area (Å²) in [5.41, 5.74) is 0.530. The van der Waals surface area contributed by atoms with Crippen LogP contribution in [0.2, 0.25) is 0 Å². The van der Waals surface area contributed by atoms with Crippen molar-refractivity contribution in [3.05, 3.63) is 60.0 Å². The van der Waals surface area contributed by atoms with Crippen LogP contribution in [0.15, 0.2) is 52.9 Å². The maximum Gasteiger partial charge on any atom is 0.416 e. The van der Waals surface area contributed by atoms with Crippen molar-refractivity contribution in [3.63, 3.8) is 0 Å². The first-order chi connectivity index (χ1) is 13.8. The molecule has 10 heteroatoms. The normalized spacial score (nSPS) is 12.6. The first-order valence-electron chi connectivity index (χ1n) is 8.42. The van der Waals surface area contributed by atoms with Crippen molar-refractivity contribution >= 4 is 17.3 Å². The van der Waals surface area contributed by atoms with E-state index < -0.39 is 36.7 Å². The van der Waals surface area contributed by atoms with Crippen LogP contribution in [0, 0.1) is 0 Å². The number of para-hydroxylation sites is 1. The number of nitrogens with zero attached hydrogens (tertiary/aromatic N) is 2. The molecule has 3 rings (SSSR count). The number of halogens is 4. The third kappa shape index (κ3) is 4.89. The van der Waals surface area contributed by atoms with E-state index in [1.807, 2.05) is 0 Å². The van der Waals surface area contributed by atoms with Crippen molar-refractivity contribution in [3.8, 4) is 11.5 Å². The van der Waals surface area contributed by atoms with Crippen LogP contribution in [0.5, 0.6) is 0 Å². The van der Waals surface area contributed by atoms with Crippen molar-refractivity contribution in [1.29, 1.82) is 0 Å². The lowest BCUT2D eigenvalue weighted by molar-refractivity contribution is -0.138. The Morgan fingerprint density at radius 3 is 2.41 bits per heavy atom. The maximum absolute atomic E-state index is 13.1. The van der Waals surface area contributed by atoms with Crippen LogP contribution in [-0.4, -0.2) is 27.9 Å². The molecule has 0 saturated carbocycles. The van der Waals surface area contributed by atoms with Gasteiger partial charge in [0.25, 0.3) is 0 Å². The third-order valence-electron chi connectivity index (χ3n) is 4.05. The molecule has 0 bridgehead atoms. The number of benzene rings is 2. The van der Waals surface area contributed by atoms with E-state index in [1.165, 1.54) is 12.1 Å². The van der Waals surface area contributed by atoms with Crippen LogP contribution >= 0.6 is 0 Å². The summed E-state index contributed by atoms with van der Waals surface area (Å²) in [6.45, 7) is -0.973. The molecule has 0 aliphatic carbocycles. The van der Waals surface area contributed by atoms with Gasteiger partial charge in [0, 0.05) is 5.69 Å². The van der Waals surface area contributed by atoms with Gasteiger partial charge in [0.1, 0.15) is 6.67 Å². The Morgan fingerprint density at radius 1 is 1.10 bits per heavy atom. The number of alkyl halides is 4. The molecule has 3 aromatic rings. The maximum atomic E-state index is 13.1. The van der Waals surface area contributed by atoms with Gasteiger partial charge in [-0.15, -0.1) is 10.2 Å². The van der Waals surface area contributed by atoms with Gasteiger partial charge in [0.05, 0.1) is 29.2 Å². The van der Waals surface area contributed by atoms with Gasteiger partial charge in [-0.1, -0.05) is 12.1 Å². The monoisotopic (exact) mass is 409 g/mol. The van der Waals surface area contributed by atoms with Crippen molar-refractivity contribution < 1.29 is 31.9 Å². The van der Waals surface area contributed by atoms with E-state index in [9.17, 15) is 22.4 Å². The SMILES string of the molecule is O=C(O)CC(CF)c1nnc(-c2ccccc2Nc2ccc(C(F)(F)F)cc2)o1. The number of rotatable bonds is 7. The number of aliphatic carboxylic acids is 1. The van der Waals surface area contributed by atoms with Gasteiger partial charge in [-0.25, -0.2) is 0 Å². The highest BCUT2D eigenvalue weighted by Crippen LogP contribution is 2.33. The van der Waals surface area contributed by atoms with E-state index in [-0.39, 0.29) is 11.8 Å². The van der Waals surface area contributed by atoms with Crippen LogP contribution in [0.25, 0.3) is 11.5 Å². The summed E-state index contributed by atoms with van der Waals surface area (Å²) in [6.07, 6.45) is -4.93. The summed E-state index contributed by atoms with van der Waals surface area (Å²) < 4.78 is 56.7. The summed E-state index contributed by atoms with van der Waals surface area (Å²) in [6, 6.07) is 11.1. The number of aromatic nitrogens is 2. The third-order valence-corrected chi connectivity index (χ3v) is 4.05. The highest BCUT2D eigenvalue weighted by atomic mass is 19.4. The Hall–Kier alpha value is -3.43. The molecule has 1 atom stereocenters. The van der Waals surface area contributed by atoms with E-state index in [4.69, 9.17) is 9.52 Å². The smallest absolute Gasteiger partial charge is 0.416 e. The molecule has 0 radical (unpaired) electrons. The van der Waals surface area contributed by atoms with Gasteiger partial charge >= 0.3 is 12.1 Å². The zero-order valence-corrected chi connectivity index (χ0v) is 14.8. The number of anilines is 2. The number of carboxylic acid groups (broad SMARTS) is 1. The second-order valence-electron chi connectivity index (χ2n) is 6.14. The molecule has 1 unspecified atom stereocenters. The second-order valence-corrected chi connectivity index (χ2v) is 6.14. The number of nitrogens with one attached hydrogen (secondary N) is 1. The zero-order chi connectivity index (χ0) is 21.0. The molecule has 0 saturated heterocycles. The van der Waals surface area contributed by atoms with Gasteiger partial charge in [0.2, 0.25) is 11.8 Å². The lowest BCUT2D eigenvalue weighted by Crippen LogP contribution is -2.08. The van der Waals surface area contributed by atoms with Crippen LogP contribution < -0.4 is 5.32 Å². The molecule has 0 aliphatic rings. The Labute approximate surface area is 162 Å². The Balaban J connectivity index is 1.85. The van der Waals surface area contributed by atoms with Crippen LogP contribution in [-0.2, 0) is 11.0 Å². The van der Waals surface area contributed by atoms with Gasteiger partial charge in [-0.3, -0.25) is 9.18 Å². The average molecular weight is 409 g/mol. The van der Waals surface area contributed by atoms with E-state index >= 15 is 0 Å². The van der Waals surface area contributed by atoms with E-state index in [0.717, 1.165) is 12.1 Å². The van der Waals surface area contributed by atoms with Crippen molar-refractivity contribution in [1.82, 2.24) is 10.2 Å². The molecule has 152 valence electrons. The molecule has 6 nitrogen and oxygen atoms in total. The molecule has 29 heavy (non-hydrogen) atoms. The predicted molar refractivity (Wildman–Crippen MR) is 95.4 cm³/mol. The summed E-state index contributed by atoms with van der Waals surface area (Å²) in [7, 11) is 0. The highest BCUT2D eigenvalue weighted by Gasteiger charge is 2.30. The number of hydrogen-bond acceptors (Lipinski definition) is 5. The first-order valence-corrected chi connectivity index (χ1v) is 8.42. The van der Waals surface area contributed by atoms with Crippen molar-refractivity contribution in [2.75, 3.05) is 12.0 Å². The lowest BCUT2D eigenvalue weighted by atomic mass is 10.1. The molecular weight excluding hydrogens is 394 g/mol. The predicted octanol–water partition coefficient (Wildman–Crippen LogP) is 5.03. The fourth-order valence-corrected chi connectivity index (χ4v) is 2.60. The topological polar surface area (TPSA) is 88.2 Å². The fourth-order valence-electron chi connectivity index (χ4n) is 2.60. The van der Waals surface area contributed by atoms with Gasteiger partial charge in [-0.2, -0.15) is 13.2 Å². The average Bonchev–Trinajstić information content (AvgIpc) is 3.16. The van der Waals surface area contributed by atoms with Crippen LogP contribution in [0.4, 0.5) is 28.9 Å². The molecule has 2 aromatic carbocycles. The second kappa shape index (κ2) is 8.29. The molecular formula is C19H15F4N3O3. The van der Waals surface area contributed by atoms with Crippen LogP contribution in [0.1, 0.15) is 23.8 Å². The standard InChI is InChI=1S/C19H15F4N3O3/c20-10-11(9-16(27)28)17-25-26-18(29-17)14-3-1-2-4-15(14)24-13-7-5-12(6-8-13)19(21,22)23/h1-8,11,24H,9-10H2,(H,27,28). The highest BCUT2D eigenvalue weighted by molar-refractivity contribution is 5.76. The lowest BCUT2D eigenvalue weighted by Gasteiger charge is -2.11. The Kier molecular flexibility index (Phi) is 5.81. The molecule has 0 aliphatic heterocycles. The first kappa shape index (κ1) is 20.3. The zero-order valence-electron chi connectivity index (χ0n) is 14.8. The Morgan fingerprint density at radius 2 is 1.79 bits per heavy atom. The number of carboxylic acids is 1. The largest absolute Gasteiger partial charge is 0.481 e. The minimum atomic E-state index is -4.43. The van der Waals surface area contributed by atoms with Crippen molar-refractivity contribution in [2.45, 2.75) is 18.5 Å². The van der Waals surface area contributed by atoms with E-state index in [1.54, 1.807) is 24.3 Å². The number of hydrogen-bond donors (Lipinski definition) is 2. The fraction of sp³-hybridized carbons (Fsp3) is 0.211. The summed E-state index contributed by atoms with van der Waals surface area (Å²) >= 11 is 0. The molecule has 0 amide bonds. The minimum absolute atomic E-state index is 0.0267. The molecule has 1 heterocycles. The molecule has 0 fully saturated rings. The van der Waals surface area contributed by atoms with Gasteiger partial charge in [-0.05, 0) is 36.4 Å². The van der Waals surface area contributed by atoms with E-state index in [2.05, 4.69) is 15.5 Å². The minimum Gasteiger partial charge on any atom is -0.481 e. The number of carbonyl (C=O) groups is 1. The Bertz CT molecular complexity index is 987.